The number of benzene rings is 1. The minimum Gasteiger partial charge on any atom is -0.366 e. The van der Waals surface area contributed by atoms with Crippen LogP contribution < -0.4 is 10.2 Å². The Morgan fingerprint density at radius 3 is 2.76 bits per heavy atom. The minimum atomic E-state index is 0.490. The topological polar surface area (TPSA) is 18.5 Å². The van der Waals surface area contributed by atoms with Gasteiger partial charge in [-0.15, -0.1) is 0 Å². The van der Waals surface area contributed by atoms with E-state index in [1.165, 1.54) is 17.7 Å². The minimum absolute atomic E-state index is 0.490. The van der Waals surface area contributed by atoms with Crippen molar-refractivity contribution in [3.63, 3.8) is 0 Å². The van der Waals surface area contributed by atoms with Gasteiger partial charge >= 0.3 is 0 Å². The fraction of sp³-hybridized carbons (Fsp3) is 0.647. The highest BCUT2D eigenvalue weighted by atomic mass is 35.5. The first kappa shape index (κ1) is 16.6. The summed E-state index contributed by atoms with van der Waals surface area (Å²) >= 11 is 6.55. The zero-order chi connectivity index (χ0) is 15.4. The number of anilines is 1. The van der Waals surface area contributed by atoms with Gasteiger partial charge in [-0.3, -0.25) is 0 Å². The summed E-state index contributed by atoms with van der Waals surface area (Å²) in [5.74, 6) is 0. The van der Waals surface area contributed by atoms with Crippen LogP contribution in [0.5, 0.6) is 0 Å². The Morgan fingerprint density at radius 2 is 2.10 bits per heavy atom. The molecule has 0 aliphatic carbocycles. The molecule has 0 bridgehead atoms. The Labute approximate surface area is 134 Å². The van der Waals surface area contributed by atoms with E-state index >= 15 is 0 Å². The summed E-state index contributed by atoms with van der Waals surface area (Å²) in [6.45, 7) is 10.8. The maximum atomic E-state index is 6.55. The van der Waals surface area contributed by atoms with Crippen molar-refractivity contribution in [1.29, 1.82) is 0 Å². The molecule has 0 spiro atoms. The van der Waals surface area contributed by atoms with Crippen molar-refractivity contribution in [2.24, 2.45) is 0 Å². The number of hydrogen-bond donors (Lipinski definition) is 1. The first-order valence-corrected chi connectivity index (χ1v) is 8.32. The predicted octanol–water partition coefficient (Wildman–Crippen LogP) is 3.37. The fourth-order valence-corrected chi connectivity index (χ4v) is 3.26. The molecule has 4 heteroatoms. The average Bonchev–Trinajstić information content (AvgIpc) is 2.57. The average molecular weight is 310 g/mol. The molecule has 1 unspecified atom stereocenters. The Hall–Kier alpha value is -0.770. The van der Waals surface area contributed by atoms with Gasteiger partial charge in [0.2, 0.25) is 0 Å². The van der Waals surface area contributed by atoms with E-state index in [0.717, 1.165) is 31.2 Å². The maximum Gasteiger partial charge on any atom is 0.0642 e. The molecule has 1 N–H and O–H groups in total. The molecule has 1 heterocycles. The molecule has 118 valence electrons. The van der Waals surface area contributed by atoms with Crippen LogP contribution in [0.25, 0.3) is 0 Å². The molecular formula is C17H28ClN3. The van der Waals surface area contributed by atoms with Crippen LogP contribution in [-0.4, -0.2) is 43.7 Å². The molecule has 1 atom stereocenters. The van der Waals surface area contributed by atoms with E-state index in [1.54, 1.807) is 0 Å². The molecule has 3 nitrogen and oxygen atoms in total. The van der Waals surface area contributed by atoms with Gasteiger partial charge in [0, 0.05) is 31.7 Å². The quantitative estimate of drug-likeness (QED) is 0.920. The monoisotopic (exact) mass is 309 g/mol. The molecule has 1 aliphatic heterocycles. The largest absolute Gasteiger partial charge is 0.366 e. The molecule has 0 saturated carbocycles. The summed E-state index contributed by atoms with van der Waals surface area (Å²) in [6.07, 6.45) is 1.19. The van der Waals surface area contributed by atoms with Gasteiger partial charge in [0.25, 0.3) is 0 Å². The smallest absolute Gasteiger partial charge is 0.0642 e. The third-order valence-corrected chi connectivity index (χ3v) is 4.39. The van der Waals surface area contributed by atoms with Crippen molar-refractivity contribution in [2.45, 2.75) is 45.8 Å². The highest BCUT2D eigenvalue weighted by Crippen LogP contribution is 2.29. The Bertz CT molecular complexity index is 461. The maximum absolute atomic E-state index is 6.55. The van der Waals surface area contributed by atoms with Gasteiger partial charge in [-0.2, -0.15) is 0 Å². The van der Waals surface area contributed by atoms with Gasteiger partial charge in [-0.25, -0.2) is 0 Å². The van der Waals surface area contributed by atoms with Crippen LogP contribution in [0.2, 0.25) is 5.02 Å². The van der Waals surface area contributed by atoms with Gasteiger partial charge in [-0.05, 0) is 44.6 Å². The van der Waals surface area contributed by atoms with Crippen LogP contribution in [-0.2, 0) is 6.54 Å². The van der Waals surface area contributed by atoms with Gasteiger partial charge < -0.3 is 15.1 Å². The lowest BCUT2D eigenvalue weighted by molar-refractivity contribution is 0.337. The van der Waals surface area contributed by atoms with Crippen molar-refractivity contribution in [3.05, 3.63) is 28.8 Å². The summed E-state index contributed by atoms with van der Waals surface area (Å²) in [5, 5.41) is 4.30. The van der Waals surface area contributed by atoms with Crippen LogP contribution in [0.15, 0.2) is 18.2 Å². The zero-order valence-electron chi connectivity index (χ0n) is 13.7. The SMILES string of the molecule is CC(C)NCc1ccc(N2CCCN(C)CC2C)c(Cl)c1. The summed E-state index contributed by atoms with van der Waals surface area (Å²) in [5.41, 5.74) is 2.42. The number of nitrogens with one attached hydrogen (secondary N) is 1. The standard InChI is InChI=1S/C17H28ClN3/c1-13(2)19-11-15-6-7-17(16(18)10-15)21-9-5-8-20(4)12-14(21)3/h6-7,10,13-14,19H,5,8-9,11-12H2,1-4H3. The molecule has 0 radical (unpaired) electrons. The zero-order valence-corrected chi connectivity index (χ0v) is 14.5. The van der Waals surface area contributed by atoms with Crippen LogP contribution in [0.3, 0.4) is 0 Å². The van der Waals surface area contributed by atoms with Crippen molar-refractivity contribution >= 4 is 17.3 Å². The molecular weight excluding hydrogens is 282 g/mol. The second kappa shape index (κ2) is 7.48. The van der Waals surface area contributed by atoms with E-state index in [-0.39, 0.29) is 0 Å². The fourth-order valence-electron chi connectivity index (χ4n) is 2.95. The van der Waals surface area contributed by atoms with Crippen molar-refractivity contribution < 1.29 is 0 Å². The number of nitrogens with zero attached hydrogens (tertiary/aromatic N) is 2. The molecule has 0 aromatic heterocycles. The lowest BCUT2D eigenvalue weighted by Gasteiger charge is -2.31. The molecule has 1 saturated heterocycles. The Balaban J connectivity index is 2.12. The van der Waals surface area contributed by atoms with Gasteiger partial charge in [0.1, 0.15) is 0 Å². The molecule has 1 aliphatic rings. The van der Waals surface area contributed by atoms with E-state index in [9.17, 15) is 0 Å². The van der Waals surface area contributed by atoms with Crippen LogP contribution >= 0.6 is 11.6 Å². The number of hydrogen-bond acceptors (Lipinski definition) is 3. The molecule has 1 fully saturated rings. The second-order valence-corrected chi connectivity index (χ2v) is 6.89. The van der Waals surface area contributed by atoms with Gasteiger partial charge in [0.15, 0.2) is 0 Å². The van der Waals surface area contributed by atoms with Crippen LogP contribution in [0.4, 0.5) is 5.69 Å². The molecule has 21 heavy (non-hydrogen) atoms. The van der Waals surface area contributed by atoms with E-state index < -0.39 is 0 Å². The van der Waals surface area contributed by atoms with E-state index in [4.69, 9.17) is 11.6 Å². The summed E-state index contributed by atoms with van der Waals surface area (Å²) in [4.78, 5) is 4.85. The third-order valence-electron chi connectivity index (χ3n) is 4.08. The van der Waals surface area contributed by atoms with E-state index in [2.05, 4.69) is 61.1 Å². The highest BCUT2D eigenvalue weighted by Gasteiger charge is 2.21. The number of halogens is 1. The first-order chi connectivity index (χ1) is 9.97. The van der Waals surface area contributed by atoms with Gasteiger partial charge in [0.05, 0.1) is 10.7 Å². The van der Waals surface area contributed by atoms with Crippen LogP contribution in [0, 0.1) is 0 Å². The molecule has 1 aromatic rings. The Morgan fingerprint density at radius 1 is 1.33 bits per heavy atom. The normalized spacial score (nSPS) is 20.9. The van der Waals surface area contributed by atoms with Crippen molar-refractivity contribution in [3.8, 4) is 0 Å². The van der Waals surface area contributed by atoms with Crippen LogP contribution in [0.1, 0.15) is 32.8 Å². The lowest BCUT2D eigenvalue weighted by Crippen LogP contribution is -2.38. The first-order valence-electron chi connectivity index (χ1n) is 7.94. The number of rotatable bonds is 4. The molecule has 1 aromatic carbocycles. The summed E-state index contributed by atoms with van der Waals surface area (Å²) in [7, 11) is 2.20. The molecule has 0 amide bonds. The van der Waals surface area contributed by atoms with E-state index in [1.807, 2.05) is 0 Å². The number of likely N-dealkylation sites (N-methyl/N-ethyl adjacent to an activating group) is 1. The third kappa shape index (κ3) is 4.60. The second-order valence-electron chi connectivity index (χ2n) is 6.48. The van der Waals surface area contributed by atoms with Crippen molar-refractivity contribution in [1.82, 2.24) is 10.2 Å². The lowest BCUT2D eigenvalue weighted by atomic mass is 10.1. The predicted molar refractivity (Wildman–Crippen MR) is 92.3 cm³/mol. The highest BCUT2D eigenvalue weighted by molar-refractivity contribution is 6.33. The summed E-state index contributed by atoms with van der Waals surface area (Å²) in [6, 6.07) is 7.46. The Kier molecular flexibility index (Phi) is 5.91. The summed E-state index contributed by atoms with van der Waals surface area (Å²) < 4.78 is 0. The van der Waals surface area contributed by atoms with Gasteiger partial charge in [-0.1, -0.05) is 31.5 Å². The van der Waals surface area contributed by atoms with Crippen molar-refractivity contribution in [2.75, 3.05) is 31.6 Å². The molecule has 2 rings (SSSR count). The van der Waals surface area contributed by atoms with E-state index in [0.29, 0.717) is 12.1 Å².